The van der Waals surface area contributed by atoms with E-state index in [1.54, 1.807) is 46.9 Å². The van der Waals surface area contributed by atoms with Crippen LogP contribution in [0.25, 0.3) is 33.6 Å². The van der Waals surface area contributed by atoms with Gasteiger partial charge in [0.1, 0.15) is 22.3 Å². The van der Waals surface area contributed by atoms with Gasteiger partial charge < -0.3 is 24.3 Å². The molecule has 9 nitrogen and oxygen atoms in total. The lowest BCUT2D eigenvalue weighted by Gasteiger charge is -2.21. The van der Waals surface area contributed by atoms with Crippen LogP contribution in [0.5, 0.6) is 0 Å². The summed E-state index contributed by atoms with van der Waals surface area (Å²) in [6.07, 6.45) is -0.556. The Morgan fingerprint density at radius 1 is 1.14 bits per heavy atom. The average Bonchev–Trinajstić information content (AvgIpc) is 3.34. The van der Waals surface area contributed by atoms with Crippen LogP contribution in [0.4, 0.5) is 13.6 Å². The van der Waals surface area contributed by atoms with E-state index in [0.29, 0.717) is 22.9 Å². The lowest BCUT2D eigenvalue weighted by atomic mass is 10.1. The Kier molecular flexibility index (Phi) is 5.95. The van der Waals surface area contributed by atoms with Gasteiger partial charge >= 0.3 is 12.1 Å². The molecule has 4 rings (SSSR count). The number of nitrogens with one attached hydrogen (secondary N) is 2. The van der Waals surface area contributed by atoms with Crippen LogP contribution in [0.1, 0.15) is 49.8 Å². The molecule has 3 heterocycles. The van der Waals surface area contributed by atoms with E-state index in [0.717, 1.165) is 18.6 Å². The van der Waals surface area contributed by atoms with E-state index in [4.69, 9.17) is 4.74 Å². The number of amides is 1. The van der Waals surface area contributed by atoms with E-state index in [1.807, 2.05) is 6.07 Å². The van der Waals surface area contributed by atoms with Crippen molar-refractivity contribution in [3.05, 3.63) is 47.2 Å². The van der Waals surface area contributed by atoms with Gasteiger partial charge in [-0.2, -0.15) is 0 Å². The third kappa shape index (κ3) is 4.53. The summed E-state index contributed by atoms with van der Waals surface area (Å²) in [7, 11) is 2.63. The number of halogens is 2. The van der Waals surface area contributed by atoms with Crippen molar-refractivity contribution in [3.63, 3.8) is 0 Å². The Labute approximate surface area is 199 Å². The van der Waals surface area contributed by atoms with Crippen molar-refractivity contribution in [2.75, 3.05) is 7.11 Å². The topological polar surface area (TPSA) is 111 Å². The predicted octanol–water partition coefficient (Wildman–Crippen LogP) is 4.77. The molecule has 1 amide bonds. The van der Waals surface area contributed by atoms with E-state index in [9.17, 15) is 18.4 Å². The van der Waals surface area contributed by atoms with Gasteiger partial charge in [0.15, 0.2) is 17.5 Å². The highest BCUT2D eigenvalue weighted by atomic mass is 19.2. The third-order valence-electron chi connectivity index (χ3n) is 5.36. The number of pyridine rings is 1. The molecule has 0 spiro atoms. The molecule has 11 heteroatoms. The van der Waals surface area contributed by atoms with Gasteiger partial charge in [0.05, 0.1) is 30.1 Å². The standard InChI is InChI=1S/C24H25F2N5O4/c1-11(27-23(33)35-24(2,3)4)14-8-7-12-9-16(29-20(12)28-14)21-30-15-10-13(22(32)34-6)17(25)18(26)19(15)31(21)5/h7-11H,1-6H3,(H,27,33)(H,28,29)/t11-/m1/s1. The SMILES string of the molecule is COC(=O)c1cc2nc(-c3cc4ccc([C@@H](C)NC(=O)OC(C)(C)C)nc4[nH]3)n(C)c2c(F)c1F. The quantitative estimate of drug-likeness (QED) is 0.403. The minimum atomic E-state index is -1.30. The number of imidazole rings is 1. The molecule has 1 atom stereocenters. The molecule has 0 saturated heterocycles. The van der Waals surface area contributed by atoms with Crippen LogP contribution < -0.4 is 5.32 Å². The molecule has 3 aromatic heterocycles. The van der Waals surface area contributed by atoms with Crippen molar-refractivity contribution in [1.29, 1.82) is 0 Å². The predicted molar refractivity (Wildman–Crippen MR) is 125 cm³/mol. The second-order valence-corrected chi connectivity index (χ2v) is 9.13. The first-order chi connectivity index (χ1) is 16.4. The van der Waals surface area contributed by atoms with Crippen LogP contribution in [-0.4, -0.2) is 44.3 Å². The van der Waals surface area contributed by atoms with E-state index < -0.39 is 40.9 Å². The second-order valence-electron chi connectivity index (χ2n) is 9.13. The number of carbonyl (C=O) groups is 2. The van der Waals surface area contributed by atoms with Gasteiger partial charge in [-0.3, -0.25) is 0 Å². The number of fused-ring (bicyclic) bond motifs is 2. The zero-order chi connectivity index (χ0) is 25.7. The number of aryl methyl sites for hydroxylation is 1. The molecule has 2 N–H and O–H groups in total. The Morgan fingerprint density at radius 3 is 2.51 bits per heavy atom. The molecule has 0 bridgehead atoms. The lowest BCUT2D eigenvalue weighted by molar-refractivity contribution is 0.0505. The Morgan fingerprint density at radius 2 is 1.86 bits per heavy atom. The van der Waals surface area contributed by atoms with Crippen LogP contribution in [0.15, 0.2) is 24.3 Å². The minimum absolute atomic E-state index is 0.0901. The van der Waals surface area contributed by atoms with Crippen LogP contribution in [0, 0.1) is 11.6 Å². The molecule has 0 aliphatic heterocycles. The van der Waals surface area contributed by atoms with Gasteiger partial charge in [-0.1, -0.05) is 0 Å². The summed E-state index contributed by atoms with van der Waals surface area (Å²) in [6.45, 7) is 7.11. The van der Waals surface area contributed by atoms with E-state index in [2.05, 4.69) is 25.0 Å². The fourth-order valence-corrected chi connectivity index (χ4v) is 3.74. The number of aromatic amines is 1. The molecular formula is C24H25F2N5O4. The summed E-state index contributed by atoms with van der Waals surface area (Å²) >= 11 is 0. The number of methoxy groups -OCH3 is 1. The summed E-state index contributed by atoms with van der Waals surface area (Å²) in [4.78, 5) is 36.0. The summed E-state index contributed by atoms with van der Waals surface area (Å²) in [6, 6.07) is 6.10. The molecule has 0 fully saturated rings. The van der Waals surface area contributed by atoms with Crippen LogP contribution in [0.2, 0.25) is 0 Å². The number of nitrogens with zero attached hydrogens (tertiary/aromatic N) is 3. The molecule has 1 aromatic carbocycles. The van der Waals surface area contributed by atoms with Crippen LogP contribution >= 0.6 is 0 Å². The number of alkyl carbamates (subject to hydrolysis) is 1. The van der Waals surface area contributed by atoms with E-state index in [1.165, 1.54) is 4.57 Å². The number of esters is 1. The fraction of sp³-hybridized carbons (Fsp3) is 0.333. The van der Waals surface area contributed by atoms with Gasteiger partial charge in [-0.15, -0.1) is 0 Å². The van der Waals surface area contributed by atoms with E-state index in [-0.39, 0.29) is 11.0 Å². The largest absolute Gasteiger partial charge is 0.465 e. The van der Waals surface area contributed by atoms with Crippen LogP contribution in [0.3, 0.4) is 0 Å². The highest BCUT2D eigenvalue weighted by Gasteiger charge is 2.25. The Bertz CT molecular complexity index is 1470. The maximum absolute atomic E-state index is 14.8. The molecule has 0 aliphatic carbocycles. The number of ether oxygens (including phenoxy) is 2. The first-order valence-corrected chi connectivity index (χ1v) is 10.8. The van der Waals surface area contributed by atoms with Crippen molar-refractivity contribution < 1.29 is 27.8 Å². The van der Waals surface area contributed by atoms with Crippen molar-refractivity contribution in [2.24, 2.45) is 7.05 Å². The number of aromatic nitrogens is 4. The van der Waals surface area contributed by atoms with Crippen molar-refractivity contribution >= 4 is 34.1 Å². The van der Waals surface area contributed by atoms with Gasteiger partial charge in [0, 0.05) is 12.4 Å². The molecular weight excluding hydrogens is 460 g/mol. The zero-order valence-corrected chi connectivity index (χ0v) is 20.1. The average molecular weight is 485 g/mol. The maximum atomic E-state index is 14.8. The summed E-state index contributed by atoms with van der Waals surface area (Å²) in [5.41, 5.74) is 0.479. The van der Waals surface area contributed by atoms with Crippen molar-refractivity contribution in [2.45, 2.75) is 39.3 Å². The maximum Gasteiger partial charge on any atom is 0.408 e. The number of benzene rings is 1. The summed E-state index contributed by atoms with van der Waals surface area (Å²) in [5.74, 6) is -3.16. The Balaban J connectivity index is 1.70. The number of carbonyl (C=O) groups excluding carboxylic acids is 2. The number of hydrogen-bond acceptors (Lipinski definition) is 6. The molecule has 35 heavy (non-hydrogen) atoms. The molecule has 0 saturated carbocycles. The first-order valence-electron chi connectivity index (χ1n) is 10.8. The molecule has 0 radical (unpaired) electrons. The number of rotatable bonds is 4. The normalized spacial score (nSPS) is 12.7. The fourth-order valence-electron chi connectivity index (χ4n) is 3.74. The first kappa shape index (κ1) is 24.1. The minimum Gasteiger partial charge on any atom is -0.465 e. The summed E-state index contributed by atoms with van der Waals surface area (Å²) in [5, 5.41) is 3.50. The monoisotopic (exact) mass is 485 g/mol. The lowest BCUT2D eigenvalue weighted by Crippen LogP contribution is -2.34. The summed E-state index contributed by atoms with van der Waals surface area (Å²) < 4.78 is 40.5. The van der Waals surface area contributed by atoms with Gasteiger partial charge in [0.2, 0.25) is 0 Å². The molecule has 4 aromatic rings. The number of H-pyrrole nitrogens is 1. The highest BCUT2D eigenvalue weighted by Crippen LogP contribution is 2.30. The van der Waals surface area contributed by atoms with Crippen molar-refractivity contribution in [1.82, 2.24) is 24.8 Å². The van der Waals surface area contributed by atoms with Gasteiger partial charge in [-0.05, 0) is 52.0 Å². The smallest absolute Gasteiger partial charge is 0.408 e. The number of hydrogen-bond donors (Lipinski definition) is 2. The third-order valence-corrected chi connectivity index (χ3v) is 5.36. The highest BCUT2D eigenvalue weighted by molar-refractivity contribution is 5.95. The molecule has 184 valence electrons. The van der Waals surface area contributed by atoms with Gasteiger partial charge in [0.25, 0.3) is 0 Å². The molecule has 0 aliphatic rings. The van der Waals surface area contributed by atoms with E-state index >= 15 is 0 Å². The van der Waals surface area contributed by atoms with Crippen molar-refractivity contribution in [3.8, 4) is 11.5 Å². The Hall–Kier alpha value is -4.02. The zero-order valence-electron chi connectivity index (χ0n) is 20.1. The van der Waals surface area contributed by atoms with Crippen LogP contribution in [-0.2, 0) is 16.5 Å². The second kappa shape index (κ2) is 8.64. The molecule has 0 unspecified atom stereocenters. The van der Waals surface area contributed by atoms with Gasteiger partial charge in [-0.25, -0.2) is 28.3 Å².